The monoisotopic (exact) mass is 156 g/mol. The van der Waals surface area contributed by atoms with Crippen molar-refractivity contribution in [2.45, 2.75) is 26.4 Å². The van der Waals surface area contributed by atoms with Crippen LogP contribution in [0.1, 0.15) is 18.7 Å². The molecular formula is C7H12N2S. The van der Waals surface area contributed by atoms with Gasteiger partial charge in [0.15, 0.2) is 0 Å². The zero-order valence-electron chi connectivity index (χ0n) is 6.29. The summed E-state index contributed by atoms with van der Waals surface area (Å²) < 4.78 is 4.00. The Bertz CT molecular complexity index is 170. The predicted octanol–water partition coefficient (Wildman–Crippen LogP) is 1.64. The smallest absolute Gasteiger partial charge is 0.0410 e. The van der Waals surface area contributed by atoms with Gasteiger partial charge in [-0.25, -0.2) is 4.37 Å². The fraction of sp³-hybridized carbons (Fsp3) is 0.571. The Balaban J connectivity index is 2.28. The second-order valence-corrected chi connectivity index (χ2v) is 3.43. The van der Waals surface area contributed by atoms with Crippen LogP contribution >= 0.6 is 11.5 Å². The first-order valence-corrected chi connectivity index (χ1v) is 4.19. The van der Waals surface area contributed by atoms with Gasteiger partial charge < -0.3 is 5.32 Å². The van der Waals surface area contributed by atoms with Crippen LogP contribution in [0.25, 0.3) is 0 Å². The molecule has 0 atom stereocenters. The van der Waals surface area contributed by atoms with Crippen molar-refractivity contribution in [2.75, 3.05) is 0 Å². The maximum atomic E-state index is 4.00. The van der Waals surface area contributed by atoms with Crippen molar-refractivity contribution >= 4 is 11.5 Å². The van der Waals surface area contributed by atoms with E-state index in [0.29, 0.717) is 6.04 Å². The van der Waals surface area contributed by atoms with Crippen molar-refractivity contribution < 1.29 is 0 Å². The Morgan fingerprint density at radius 1 is 1.70 bits per heavy atom. The molecule has 1 N–H and O–H groups in total. The second-order valence-electron chi connectivity index (χ2n) is 2.51. The Morgan fingerprint density at radius 3 is 3.00 bits per heavy atom. The van der Waals surface area contributed by atoms with Gasteiger partial charge >= 0.3 is 0 Å². The van der Waals surface area contributed by atoms with Gasteiger partial charge in [0.05, 0.1) is 0 Å². The molecule has 0 aromatic carbocycles. The molecule has 0 bridgehead atoms. The topological polar surface area (TPSA) is 24.9 Å². The van der Waals surface area contributed by atoms with E-state index in [2.05, 4.69) is 23.5 Å². The van der Waals surface area contributed by atoms with E-state index in [1.807, 2.05) is 12.3 Å². The summed E-state index contributed by atoms with van der Waals surface area (Å²) in [5.74, 6) is 0. The third-order valence-electron chi connectivity index (χ3n) is 1.18. The van der Waals surface area contributed by atoms with Crippen molar-refractivity contribution in [3.8, 4) is 0 Å². The number of hydrogen-bond donors (Lipinski definition) is 1. The predicted molar refractivity (Wildman–Crippen MR) is 44.1 cm³/mol. The molecule has 0 unspecified atom stereocenters. The van der Waals surface area contributed by atoms with Gasteiger partial charge in [-0.1, -0.05) is 13.8 Å². The molecule has 0 fully saturated rings. The molecule has 2 nitrogen and oxygen atoms in total. The third kappa shape index (κ3) is 2.45. The van der Waals surface area contributed by atoms with E-state index in [9.17, 15) is 0 Å². The summed E-state index contributed by atoms with van der Waals surface area (Å²) in [4.78, 5) is 1.30. The lowest BCUT2D eigenvalue weighted by molar-refractivity contribution is 0.593. The van der Waals surface area contributed by atoms with E-state index >= 15 is 0 Å². The normalized spacial score (nSPS) is 10.7. The van der Waals surface area contributed by atoms with Crippen molar-refractivity contribution in [3.05, 3.63) is 17.1 Å². The molecule has 0 aliphatic rings. The van der Waals surface area contributed by atoms with Gasteiger partial charge in [-0.15, -0.1) is 0 Å². The average molecular weight is 156 g/mol. The summed E-state index contributed by atoms with van der Waals surface area (Å²) in [6.07, 6.45) is 1.84. The van der Waals surface area contributed by atoms with Crippen LogP contribution in [0.15, 0.2) is 12.3 Å². The number of nitrogens with zero attached hydrogens (tertiary/aromatic N) is 1. The number of hydrogen-bond acceptors (Lipinski definition) is 3. The third-order valence-corrected chi connectivity index (χ3v) is 1.92. The van der Waals surface area contributed by atoms with Gasteiger partial charge in [0, 0.05) is 23.7 Å². The number of nitrogens with one attached hydrogen (secondary N) is 1. The molecule has 0 radical (unpaired) electrons. The lowest BCUT2D eigenvalue weighted by atomic mass is 10.4. The van der Waals surface area contributed by atoms with Crippen LogP contribution in [0, 0.1) is 0 Å². The Labute approximate surface area is 65.4 Å². The van der Waals surface area contributed by atoms with Crippen LogP contribution in [0.4, 0.5) is 0 Å². The van der Waals surface area contributed by atoms with Crippen molar-refractivity contribution in [1.29, 1.82) is 0 Å². The van der Waals surface area contributed by atoms with E-state index in [1.165, 1.54) is 4.88 Å². The quantitative estimate of drug-likeness (QED) is 0.719. The van der Waals surface area contributed by atoms with Crippen LogP contribution in [-0.2, 0) is 6.54 Å². The largest absolute Gasteiger partial charge is 0.310 e. The molecule has 1 rings (SSSR count). The molecule has 0 amide bonds. The number of rotatable bonds is 3. The van der Waals surface area contributed by atoms with Gasteiger partial charge in [-0.2, -0.15) is 0 Å². The summed E-state index contributed by atoms with van der Waals surface area (Å²) in [7, 11) is 0. The van der Waals surface area contributed by atoms with Crippen molar-refractivity contribution in [3.63, 3.8) is 0 Å². The highest BCUT2D eigenvalue weighted by Crippen LogP contribution is 2.03. The zero-order valence-corrected chi connectivity index (χ0v) is 7.11. The SMILES string of the molecule is CC(C)NCc1ccns1. The van der Waals surface area contributed by atoms with E-state index in [1.54, 1.807) is 11.5 Å². The Morgan fingerprint density at radius 2 is 2.50 bits per heavy atom. The lowest BCUT2D eigenvalue weighted by Gasteiger charge is -2.04. The Hall–Kier alpha value is -0.410. The van der Waals surface area contributed by atoms with Gasteiger partial charge in [0.25, 0.3) is 0 Å². The molecule has 0 aliphatic carbocycles. The van der Waals surface area contributed by atoms with Crippen LogP contribution < -0.4 is 5.32 Å². The molecule has 0 saturated carbocycles. The fourth-order valence-electron chi connectivity index (χ4n) is 0.638. The molecule has 0 aliphatic heterocycles. The van der Waals surface area contributed by atoms with Crippen LogP contribution in [0.2, 0.25) is 0 Å². The lowest BCUT2D eigenvalue weighted by Crippen LogP contribution is -2.21. The van der Waals surface area contributed by atoms with Gasteiger partial charge in [0.2, 0.25) is 0 Å². The molecule has 0 spiro atoms. The molecule has 1 heterocycles. The standard InChI is InChI=1S/C7H12N2S/c1-6(2)8-5-7-3-4-9-10-7/h3-4,6,8H,5H2,1-2H3. The second kappa shape index (κ2) is 3.68. The minimum absolute atomic E-state index is 0.558. The number of aromatic nitrogens is 1. The fourth-order valence-corrected chi connectivity index (χ4v) is 1.16. The van der Waals surface area contributed by atoms with Crippen molar-refractivity contribution in [1.82, 2.24) is 9.69 Å². The van der Waals surface area contributed by atoms with Crippen LogP contribution in [0.3, 0.4) is 0 Å². The first-order valence-electron chi connectivity index (χ1n) is 3.42. The van der Waals surface area contributed by atoms with Crippen LogP contribution in [0.5, 0.6) is 0 Å². The van der Waals surface area contributed by atoms with Gasteiger partial charge in [-0.3, -0.25) is 0 Å². The first kappa shape index (κ1) is 7.69. The highest BCUT2D eigenvalue weighted by atomic mass is 32.1. The molecule has 56 valence electrons. The average Bonchev–Trinajstić information content (AvgIpc) is 2.34. The maximum absolute atomic E-state index is 4.00. The molecule has 1 aromatic heterocycles. The van der Waals surface area contributed by atoms with E-state index < -0.39 is 0 Å². The van der Waals surface area contributed by atoms with Gasteiger partial charge in [0.1, 0.15) is 0 Å². The van der Waals surface area contributed by atoms with E-state index in [0.717, 1.165) is 6.54 Å². The molecular weight excluding hydrogens is 144 g/mol. The van der Waals surface area contributed by atoms with Gasteiger partial charge in [-0.05, 0) is 17.6 Å². The summed E-state index contributed by atoms with van der Waals surface area (Å²) in [6, 6.07) is 2.60. The molecule has 0 saturated heterocycles. The Kier molecular flexibility index (Phi) is 2.83. The first-order chi connectivity index (χ1) is 4.79. The van der Waals surface area contributed by atoms with E-state index in [4.69, 9.17) is 0 Å². The summed E-state index contributed by atoms with van der Waals surface area (Å²) in [6.45, 7) is 5.23. The van der Waals surface area contributed by atoms with Crippen molar-refractivity contribution in [2.24, 2.45) is 0 Å². The zero-order chi connectivity index (χ0) is 7.40. The highest BCUT2D eigenvalue weighted by Gasteiger charge is 1.94. The minimum Gasteiger partial charge on any atom is -0.310 e. The summed E-state index contributed by atoms with van der Waals surface area (Å²) in [5.41, 5.74) is 0. The molecule has 10 heavy (non-hydrogen) atoms. The molecule has 3 heteroatoms. The highest BCUT2D eigenvalue weighted by molar-refractivity contribution is 7.05. The van der Waals surface area contributed by atoms with Crippen LogP contribution in [-0.4, -0.2) is 10.4 Å². The maximum Gasteiger partial charge on any atom is 0.0410 e. The summed E-state index contributed by atoms with van der Waals surface area (Å²) in [5, 5.41) is 3.32. The molecule has 1 aromatic rings. The minimum atomic E-state index is 0.558. The van der Waals surface area contributed by atoms with E-state index in [-0.39, 0.29) is 0 Å². The summed E-state index contributed by atoms with van der Waals surface area (Å²) >= 11 is 1.55.